The summed E-state index contributed by atoms with van der Waals surface area (Å²) in [6, 6.07) is 2.91. The first-order valence-electron chi connectivity index (χ1n) is 13.8. The molecular weight excluding hydrogens is 532 g/mol. The predicted molar refractivity (Wildman–Crippen MR) is 153 cm³/mol. The summed E-state index contributed by atoms with van der Waals surface area (Å²) in [6.45, 7) is 3.91. The van der Waals surface area contributed by atoms with Crippen molar-refractivity contribution in [1.29, 1.82) is 0 Å². The van der Waals surface area contributed by atoms with Crippen molar-refractivity contribution in [3.05, 3.63) is 36.0 Å². The Kier molecular flexibility index (Phi) is 13.2. The van der Waals surface area contributed by atoms with Crippen LogP contribution in [0.15, 0.2) is 30.5 Å². The molecule has 0 spiro atoms. The molecule has 1 aromatic heterocycles. The van der Waals surface area contributed by atoms with E-state index in [4.69, 9.17) is 11.5 Å². The van der Waals surface area contributed by atoms with Gasteiger partial charge >= 0.3 is 11.9 Å². The van der Waals surface area contributed by atoms with E-state index in [0.717, 1.165) is 16.5 Å². The lowest BCUT2D eigenvalue weighted by molar-refractivity contribution is -0.143. The molecule has 2 rings (SSSR count). The first-order valence-corrected chi connectivity index (χ1v) is 13.8. The molecule has 0 saturated carbocycles. The molecule has 0 saturated heterocycles. The third-order valence-corrected chi connectivity index (χ3v) is 7.09. The lowest BCUT2D eigenvalue weighted by atomic mass is 9.96. The molecule has 0 fully saturated rings. The maximum Gasteiger partial charge on any atom is 0.326 e. The van der Waals surface area contributed by atoms with Gasteiger partial charge in [0.05, 0.1) is 6.04 Å². The Bertz CT molecular complexity index is 1200. The number of unbranched alkanes of at least 4 members (excludes halogenated alkanes) is 1. The molecule has 41 heavy (non-hydrogen) atoms. The molecule has 13 heteroatoms. The van der Waals surface area contributed by atoms with Crippen molar-refractivity contribution in [2.75, 3.05) is 6.54 Å². The van der Waals surface area contributed by atoms with E-state index in [2.05, 4.69) is 20.9 Å². The lowest BCUT2D eigenvalue weighted by Crippen LogP contribution is -2.58. The normalized spacial score (nSPS) is 14.8. The second-order valence-corrected chi connectivity index (χ2v) is 10.2. The third-order valence-electron chi connectivity index (χ3n) is 7.09. The largest absolute Gasteiger partial charge is 0.481 e. The van der Waals surface area contributed by atoms with Crippen LogP contribution in [0.5, 0.6) is 0 Å². The molecule has 13 nitrogen and oxygen atoms in total. The molecule has 1 heterocycles. The first-order chi connectivity index (χ1) is 19.5. The average Bonchev–Trinajstić information content (AvgIpc) is 3.34. The van der Waals surface area contributed by atoms with Gasteiger partial charge in [0.15, 0.2) is 0 Å². The number of rotatable bonds is 18. The maximum absolute atomic E-state index is 13.3. The molecule has 0 aliphatic carbocycles. The summed E-state index contributed by atoms with van der Waals surface area (Å²) >= 11 is 0. The van der Waals surface area contributed by atoms with Crippen LogP contribution in [-0.4, -0.2) is 75.6 Å². The van der Waals surface area contributed by atoms with Crippen molar-refractivity contribution in [3.63, 3.8) is 0 Å². The zero-order valence-electron chi connectivity index (χ0n) is 23.5. The van der Waals surface area contributed by atoms with Crippen LogP contribution in [0.2, 0.25) is 0 Å². The molecule has 0 aliphatic heterocycles. The van der Waals surface area contributed by atoms with Crippen molar-refractivity contribution in [3.8, 4) is 0 Å². The molecule has 1 aromatic carbocycles. The minimum atomic E-state index is -1.29. The number of nitrogens with one attached hydrogen (secondary N) is 4. The van der Waals surface area contributed by atoms with Crippen LogP contribution in [0.4, 0.5) is 0 Å². The fraction of sp³-hybridized carbons (Fsp3) is 0.536. The van der Waals surface area contributed by atoms with Crippen LogP contribution in [0.3, 0.4) is 0 Å². The average molecular weight is 575 g/mol. The summed E-state index contributed by atoms with van der Waals surface area (Å²) in [6.07, 6.45) is 3.01. The van der Waals surface area contributed by atoms with Gasteiger partial charge in [-0.05, 0) is 56.2 Å². The summed E-state index contributed by atoms with van der Waals surface area (Å²) in [5.41, 5.74) is 13.3. The minimum absolute atomic E-state index is 0.168. The van der Waals surface area contributed by atoms with Crippen LogP contribution in [-0.2, 0) is 30.4 Å². The molecule has 10 N–H and O–H groups in total. The molecule has 2 aromatic rings. The first kappa shape index (κ1) is 33.2. The second-order valence-electron chi connectivity index (χ2n) is 10.2. The van der Waals surface area contributed by atoms with E-state index in [1.165, 1.54) is 0 Å². The highest BCUT2D eigenvalue weighted by Gasteiger charge is 2.33. The number of aromatic nitrogens is 1. The van der Waals surface area contributed by atoms with Gasteiger partial charge in [-0.2, -0.15) is 0 Å². The highest BCUT2D eigenvalue weighted by atomic mass is 16.4. The number of carbonyl (C=O) groups is 5. The fourth-order valence-corrected chi connectivity index (χ4v) is 4.41. The Morgan fingerprint density at radius 1 is 0.927 bits per heavy atom. The molecule has 5 unspecified atom stereocenters. The zero-order chi connectivity index (χ0) is 30.5. The number of aromatic amines is 1. The zero-order valence-corrected chi connectivity index (χ0v) is 23.5. The highest BCUT2D eigenvalue weighted by Crippen LogP contribution is 2.19. The van der Waals surface area contributed by atoms with Gasteiger partial charge in [0.25, 0.3) is 0 Å². The van der Waals surface area contributed by atoms with Crippen LogP contribution in [0.25, 0.3) is 10.9 Å². The number of benzene rings is 1. The number of para-hydroxylation sites is 1. The van der Waals surface area contributed by atoms with Crippen LogP contribution in [0.1, 0.15) is 57.9 Å². The van der Waals surface area contributed by atoms with Crippen LogP contribution >= 0.6 is 0 Å². The van der Waals surface area contributed by atoms with Gasteiger partial charge in [-0.25, -0.2) is 4.79 Å². The van der Waals surface area contributed by atoms with Crippen LogP contribution in [0, 0.1) is 5.92 Å². The van der Waals surface area contributed by atoms with Gasteiger partial charge in [-0.3, -0.25) is 19.2 Å². The van der Waals surface area contributed by atoms with Crippen molar-refractivity contribution in [1.82, 2.24) is 20.9 Å². The molecule has 5 atom stereocenters. The number of hydrogen-bond donors (Lipinski definition) is 8. The van der Waals surface area contributed by atoms with E-state index in [1.807, 2.05) is 24.3 Å². The van der Waals surface area contributed by atoms with E-state index in [9.17, 15) is 34.2 Å². The quantitative estimate of drug-likeness (QED) is 0.116. The Balaban J connectivity index is 2.15. The van der Waals surface area contributed by atoms with E-state index in [0.29, 0.717) is 25.8 Å². The standard InChI is InChI=1S/C28H42N6O7/c1-3-16(2)24(27(39)33-22(28(40)41)10-6-7-13-29)34-26(38)21(11-12-23(35)36)32-25(37)19(30)14-17-15-31-20-9-5-4-8-18(17)20/h4-5,8-9,15-16,19,21-22,24,31H,3,6-7,10-14,29-30H2,1-2H3,(H,32,37)(H,33,39)(H,34,38)(H,35,36)(H,40,41). The number of nitrogens with two attached hydrogens (primary N) is 2. The number of carboxylic acid groups (broad SMARTS) is 2. The lowest BCUT2D eigenvalue weighted by Gasteiger charge is -2.28. The topological polar surface area (TPSA) is 230 Å². The molecule has 226 valence electrons. The molecule has 0 bridgehead atoms. The van der Waals surface area contributed by atoms with Gasteiger partial charge in [0.2, 0.25) is 17.7 Å². The summed E-state index contributed by atoms with van der Waals surface area (Å²) in [5, 5.41) is 27.3. The van der Waals surface area contributed by atoms with Crippen molar-refractivity contribution >= 4 is 40.6 Å². The monoisotopic (exact) mass is 574 g/mol. The summed E-state index contributed by atoms with van der Waals surface area (Å²) < 4.78 is 0. The minimum Gasteiger partial charge on any atom is -0.481 e. The van der Waals surface area contributed by atoms with Gasteiger partial charge in [0, 0.05) is 23.5 Å². The van der Waals surface area contributed by atoms with Crippen molar-refractivity contribution in [2.24, 2.45) is 17.4 Å². The van der Waals surface area contributed by atoms with E-state index in [1.54, 1.807) is 20.0 Å². The number of fused-ring (bicyclic) bond motifs is 1. The van der Waals surface area contributed by atoms with E-state index in [-0.39, 0.29) is 19.3 Å². The van der Waals surface area contributed by atoms with E-state index < -0.39 is 66.2 Å². The Hall–Kier alpha value is -3.97. The third kappa shape index (κ3) is 10.2. The summed E-state index contributed by atoms with van der Waals surface area (Å²) in [4.78, 5) is 65.5. The Morgan fingerprint density at radius 3 is 2.24 bits per heavy atom. The second kappa shape index (κ2) is 16.3. The smallest absolute Gasteiger partial charge is 0.326 e. The van der Waals surface area contributed by atoms with E-state index >= 15 is 0 Å². The number of amides is 3. The highest BCUT2D eigenvalue weighted by molar-refractivity contribution is 5.94. The number of H-pyrrole nitrogens is 1. The SMILES string of the molecule is CCC(C)C(NC(=O)C(CCC(=O)O)NC(=O)C(N)Cc1c[nH]c2ccccc12)C(=O)NC(CCCCN)C(=O)O. The molecule has 3 amide bonds. The summed E-state index contributed by atoms with van der Waals surface area (Å²) in [7, 11) is 0. The number of carbonyl (C=O) groups excluding carboxylic acids is 3. The maximum atomic E-state index is 13.3. The number of hydrogen-bond acceptors (Lipinski definition) is 7. The Morgan fingerprint density at radius 2 is 1.61 bits per heavy atom. The van der Waals surface area contributed by atoms with Gasteiger partial charge in [-0.1, -0.05) is 38.5 Å². The fourth-order valence-electron chi connectivity index (χ4n) is 4.41. The van der Waals surface area contributed by atoms with Gasteiger partial charge < -0.3 is 42.6 Å². The predicted octanol–water partition coefficient (Wildman–Crippen LogP) is 0.617. The molecule has 0 radical (unpaired) electrons. The van der Waals surface area contributed by atoms with Gasteiger partial charge in [0.1, 0.15) is 18.1 Å². The summed E-state index contributed by atoms with van der Waals surface area (Å²) in [5.74, 6) is -4.88. The van der Waals surface area contributed by atoms with Crippen molar-refractivity contribution < 1.29 is 34.2 Å². The van der Waals surface area contributed by atoms with Crippen LogP contribution < -0.4 is 27.4 Å². The Labute approximate surface area is 238 Å². The number of aliphatic carboxylic acids is 2. The van der Waals surface area contributed by atoms with Gasteiger partial charge in [-0.15, -0.1) is 0 Å². The van der Waals surface area contributed by atoms with Crippen molar-refractivity contribution in [2.45, 2.75) is 83.0 Å². The molecular formula is C28H42N6O7. The molecule has 0 aliphatic rings. The number of carboxylic acids is 2.